The van der Waals surface area contributed by atoms with Crippen LogP contribution in [0.3, 0.4) is 0 Å². The van der Waals surface area contributed by atoms with Crippen molar-refractivity contribution in [2.75, 3.05) is 13.2 Å². The molecule has 0 aromatic heterocycles. The molecule has 0 bridgehead atoms. The van der Waals surface area contributed by atoms with Gasteiger partial charge in [0.15, 0.2) is 0 Å². The summed E-state index contributed by atoms with van der Waals surface area (Å²) in [5.41, 5.74) is 0. The number of hydrogen-bond acceptors (Lipinski definition) is 2. The first-order valence-electron chi connectivity index (χ1n) is 4.61. The van der Waals surface area contributed by atoms with E-state index in [0.29, 0.717) is 5.82 Å². The monoisotopic (exact) mass is 154 g/mol. The van der Waals surface area contributed by atoms with E-state index in [-0.39, 0.29) is 7.12 Å². The fourth-order valence-electron chi connectivity index (χ4n) is 1.65. The Morgan fingerprint density at radius 3 is 2.45 bits per heavy atom. The highest BCUT2D eigenvalue weighted by molar-refractivity contribution is 6.46. The van der Waals surface area contributed by atoms with Crippen molar-refractivity contribution in [3.05, 3.63) is 0 Å². The lowest BCUT2D eigenvalue weighted by atomic mass is 9.69. The van der Waals surface area contributed by atoms with Gasteiger partial charge in [0.05, 0.1) is 0 Å². The van der Waals surface area contributed by atoms with Crippen LogP contribution in [0, 0.1) is 5.92 Å². The second-order valence-corrected chi connectivity index (χ2v) is 3.66. The predicted molar refractivity (Wildman–Crippen MR) is 44.4 cm³/mol. The van der Waals surface area contributed by atoms with Crippen molar-refractivity contribution in [3.8, 4) is 0 Å². The Morgan fingerprint density at radius 2 is 1.91 bits per heavy atom. The van der Waals surface area contributed by atoms with E-state index in [1.165, 1.54) is 12.8 Å². The first-order chi connectivity index (χ1) is 5.38. The minimum absolute atomic E-state index is 0.108. The molecular weight excluding hydrogens is 139 g/mol. The van der Waals surface area contributed by atoms with E-state index in [4.69, 9.17) is 9.31 Å². The van der Waals surface area contributed by atoms with Gasteiger partial charge in [0.1, 0.15) is 0 Å². The van der Waals surface area contributed by atoms with Crippen molar-refractivity contribution < 1.29 is 9.31 Å². The maximum atomic E-state index is 5.52. The minimum Gasteiger partial charge on any atom is -0.411 e. The van der Waals surface area contributed by atoms with Crippen LogP contribution in [-0.2, 0) is 9.31 Å². The molecule has 2 aliphatic rings. The van der Waals surface area contributed by atoms with Crippen molar-refractivity contribution in [3.63, 3.8) is 0 Å². The molecule has 1 aliphatic carbocycles. The van der Waals surface area contributed by atoms with Gasteiger partial charge in [0, 0.05) is 13.2 Å². The largest absolute Gasteiger partial charge is 0.460 e. The normalized spacial score (nSPS) is 28.6. The highest BCUT2D eigenvalue weighted by atomic mass is 16.6. The highest BCUT2D eigenvalue weighted by Crippen LogP contribution is 2.42. The zero-order valence-electron chi connectivity index (χ0n) is 7.08. The van der Waals surface area contributed by atoms with Gasteiger partial charge in [-0.05, 0) is 18.2 Å². The quantitative estimate of drug-likeness (QED) is 0.563. The average Bonchev–Trinajstić information content (AvgIpc) is 2.87. The van der Waals surface area contributed by atoms with Crippen molar-refractivity contribution in [2.24, 2.45) is 5.92 Å². The Morgan fingerprint density at radius 1 is 1.27 bits per heavy atom. The number of hydrogen-bond donors (Lipinski definition) is 0. The molecule has 2 fully saturated rings. The van der Waals surface area contributed by atoms with Gasteiger partial charge in [-0.3, -0.25) is 0 Å². The first-order valence-corrected chi connectivity index (χ1v) is 4.61. The Hall–Kier alpha value is -0.0151. The maximum Gasteiger partial charge on any atom is 0.460 e. The van der Waals surface area contributed by atoms with Crippen LogP contribution in [0.25, 0.3) is 0 Å². The molecule has 0 radical (unpaired) electrons. The summed E-state index contributed by atoms with van der Waals surface area (Å²) >= 11 is 0. The lowest BCUT2D eigenvalue weighted by Gasteiger charge is -2.24. The zero-order valence-corrected chi connectivity index (χ0v) is 7.08. The third-order valence-electron chi connectivity index (χ3n) is 2.65. The van der Waals surface area contributed by atoms with Gasteiger partial charge in [-0.25, -0.2) is 0 Å². The van der Waals surface area contributed by atoms with Gasteiger partial charge < -0.3 is 9.31 Å². The van der Waals surface area contributed by atoms with Gasteiger partial charge >= 0.3 is 7.12 Å². The van der Waals surface area contributed by atoms with Gasteiger partial charge in [-0.15, -0.1) is 0 Å². The molecule has 1 aliphatic heterocycles. The molecule has 2 rings (SSSR count). The molecule has 1 heterocycles. The van der Waals surface area contributed by atoms with E-state index in [2.05, 4.69) is 6.92 Å². The number of rotatable bonds is 2. The summed E-state index contributed by atoms with van der Waals surface area (Å²) in [5, 5.41) is 0. The highest BCUT2D eigenvalue weighted by Gasteiger charge is 2.39. The third kappa shape index (κ3) is 1.77. The Balaban J connectivity index is 1.81. The summed E-state index contributed by atoms with van der Waals surface area (Å²) < 4.78 is 11.0. The van der Waals surface area contributed by atoms with E-state index in [0.717, 1.165) is 25.6 Å². The van der Waals surface area contributed by atoms with Crippen LogP contribution in [0.15, 0.2) is 0 Å². The van der Waals surface area contributed by atoms with Crippen molar-refractivity contribution >= 4 is 7.12 Å². The van der Waals surface area contributed by atoms with Crippen LogP contribution in [0.4, 0.5) is 0 Å². The summed E-state index contributed by atoms with van der Waals surface area (Å²) in [6, 6.07) is 0. The fraction of sp³-hybridized carbons (Fsp3) is 1.00. The molecule has 11 heavy (non-hydrogen) atoms. The van der Waals surface area contributed by atoms with Crippen LogP contribution < -0.4 is 0 Å². The van der Waals surface area contributed by atoms with Crippen molar-refractivity contribution in [1.29, 1.82) is 0 Å². The summed E-state index contributed by atoms with van der Waals surface area (Å²) in [6.07, 6.45) is 3.82. The van der Waals surface area contributed by atoms with Crippen LogP contribution in [0.1, 0.15) is 26.2 Å². The summed E-state index contributed by atoms with van der Waals surface area (Å²) in [6.45, 7) is 4.02. The summed E-state index contributed by atoms with van der Waals surface area (Å²) in [5.74, 6) is 1.51. The molecule has 1 atom stereocenters. The molecule has 1 saturated carbocycles. The topological polar surface area (TPSA) is 18.5 Å². The molecule has 62 valence electrons. The fourth-order valence-corrected chi connectivity index (χ4v) is 1.65. The van der Waals surface area contributed by atoms with Crippen LogP contribution >= 0.6 is 0 Å². The van der Waals surface area contributed by atoms with Gasteiger partial charge in [0.2, 0.25) is 0 Å². The first kappa shape index (κ1) is 7.62. The van der Waals surface area contributed by atoms with Crippen molar-refractivity contribution in [2.45, 2.75) is 32.0 Å². The van der Waals surface area contributed by atoms with Crippen LogP contribution in [0.2, 0.25) is 5.82 Å². The minimum atomic E-state index is 0.108. The Kier molecular flexibility index (Phi) is 2.19. The third-order valence-corrected chi connectivity index (χ3v) is 2.65. The van der Waals surface area contributed by atoms with Gasteiger partial charge in [-0.2, -0.15) is 0 Å². The predicted octanol–water partition coefficient (Wildman–Crippen LogP) is 1.71. The molecule has 0 unspecified atom stereocenters. The molecule has 0 spiro atoms. The van der Waals surface area contributed by atoms with Crippen LogP contribution in [-0.4, -0.2) is 20.3 Å². The lowest BCUT2D eigenvalue weighted by Crippen LogP contribution is -2.33. The van der Waals surface area contributed by atoms with Crippen molar-refractivity contribution in [1.82, 2.24) is 0 Å². The second-order valence-electron chi connectivity index (χ2n) is 3.66. The Labute approximate surface area is 68.4 Å². The van der Waals surface area contributed by atoms with Gasteiger partial charge in [0.25, 0.3) is 0 Å². The molecule has 0 amide bonds. The lowest BCUT2D eigenvalue weighted by molar-refractivity contribution is 0.126. The summed E-state index contributed by atoms with van der Waals surface area (Å²) in [7, 11) is 0.108. The maximum absolute atomic E-state index is 5.52. The molecule has 1 saturated heterocycles. The summed E-state index contributed by atoms with van der Waals surface area (Å²) in [4.78, 5) is 0. The second kappa shape index (κ2) is 3.15. The zero-order chi connectivity index (χ0) is 7.68. The average molecular weight is 154 g/mol. The molecule has 2 nitrogen and oxygen atoms in total. The van der Waals surface area contributed by atoms with E-state index in [1.54, 1.807) is 0 Å². The van der Waals surface area contributed by atoms with E-state index in [9.17, 15) is 0 Å². The SMILES string of the molecule is C[C@H](B1OCCCO1)C1CC1. The molecule has 3 heteroatoms. The standard InChI is InChI=1S/C8H15BO2/c1-7(8-3-4-8)9-10-5-2-6-11-9/h7-8H,2-6H2,1H3/t7-/m0/s1. The smallest absolute Gasteiger partial charge is 0.411 e. The van der Waals surface area contributed by atoms with E-state index < -0.39 is 0 Å². The Bertz CT molecular complexity index is 130. The van der Waals surface area contributed by atoms with Crippen LogP contribution in [0.5, 0.6) is 0 Å². The molecule has 0 aromatic carbocycles. The molecule has 0 aromatic rings. The van der Waals surface area contributed by atoms with E-state index >= 15 is 0 Å². The molecule has 0 N–H and O–H groups in total. The van der Waals surface area contributed by atoms with Gasteiger partial charge in [-0.1, -0.05) is 19.8 Å². The molecular formula is C8H15BO2. The van der Waals surface area contributed by atoms with E-state index in [1.807, 2.05) is 0 Å².